The standard InChI is InChI=1S/C19H39NO2/c1-6-12-20(13-7-2)14-17(21)15-22-18-10-8-16(9-11-18)19(3,4)5/h16-18,21H,6-15H2,1-5H3/t16?,17-,18?/m1/s1. The number of hydrogen-bond acceptors (Lipinski definition) is 3. The molecular weight excluding hydrogens is 274 g/mol. The van der Waals surface area contributed by atoms with Gasteiger partial charge in [-0.1, -0.05) is 34.6 Å². The van der Waals surface area contributed by atoms with Crippen molar-refractivity contribution in [3.05, 3.63) is 0 Å². The van der Waals surface area contributed by atoms with Crippen molar-refractivity contribution in [1.29, 1.82) is 0 Å². The first-order valence-electron chi connectivity index (χ1n) is 9.38. The minimum Gasteiger partial charge on any atom is -0.389 e. The molecule has 1 fully saturated rings. The van der Waals surface area contributed by atoms with Crippen LogP contribution in [0.4, 0.5) is 0 Å². The van der Waals surface area contributed by atoms with E-state index >= 15 is 0 Å². The molecule has 1 aliphatic carbocycles. The molecule has 1 aliphatic rings. The van der Waals surface area contributed by atoms with Crippen LogP contribution in [-0.2, 0) is 4.74 Å². The van der Waals surface area contributed by atoms with Crippen molar-refractivity contribution in [2.75, 3.05) is 26.2 Å². The van der Waals surface area contributed by atoms with E-state index in [9.17, 15) is 5.11 Å². The summed E-state index contributed by atoms with van der Waals surface area (Å²) in [5, 5.41) is 10.2. The van der Waals surface area contributed by atoms with E-state index in [0.29, 0.717) is 18.1 Å². The van der Waals surface area contributed by atoms with Gasteiger partial charge in [-0.25, -0.2) is 0 Å². The molecule has 0 aliphatic heterocycles. The third-order valence-corrected chi connectivity index (χ3v) is 4.97. The largest absolute Gasteiger partial charge is 0.389 e. The van der Waals surface area contributed by atoms with E-state index in [2.05, 4.69) is 39.5 Å². The van der Waals surface area contributed by atoms with Gasteiger partial charge in [0.15, 0.2) is 0 Å². The van der Waals surface area contributed by atoms with Gasteiger partial charge in [-0.2, -0.15) is 0 Å². The highest BCUT2D eigenvalue weighted by atomic mass is 16.5. The zero-order chi connectivity index (χ0) is 16.6. The molecule has 0 saturated heterocycles. The molecule has 3 nitrogen and oxygen atoms in total. The molecule has 0 radical (unpaired) electrons. The Kier molecular flexibility index (Phi) is 8.96. The van der Waals surface area contributed by atoms with Gasteiger partial charge in [0.25, 0.3) is 0 Å². The molecule has 0 heterocycles. The van der Waals surface area contributed by atoms with Crippen molar-refractivity contribution in [1.82, 2.24) is 4.90 Å². The molecule has 1 atom stereocenters. The van der Waals surface area contributed by atoms with Crippen LogP contribution in [0.25, 0.3) is 0 Å². The summed E-state index contributed by atoms with van der Waals surface area (Å²) in [4.78, 5) is 2.35. The Labute approximate surface area is 138 Å². The molecule has 0 unspecified atom stereocenters. The number of hydrogen-bond donors (Lipinski definition) is 1. The lowest BCUT2D eigenvalue weighted by atomic mass is 9.72. The van der Waals surface area contributed by atoms with E-state index in [4.69, 9.17) is 4.74 Å². The van der Waals surface area contributed by atoms with Crippen molar-refractivity contribution in [3.8, 4) is 0 Å². The van der Waals surface area contributed by atoms with Crippen LogP contribution in [-0.4, -0.2) is 48.5 Å². The summed E-state index contributed by atoms with van der Waals surface area (Å²) < 4.78 is 5.99. The average Bonchev–Trinajstić information content (AvgIpc) is 2.45. The van der Waals surface area contributed by atoms with Crippen molar-refractivity contribution >= 4 is 0 Å². The molecule has 0 aromatic carbocycles. The van der Waals surface area contributed by atoms with Crippen molar-refractivity contribution in [2.45, 2.75) is 85.4 Å². The van der Waals surface area contributed by atoms with E-state index in [1.165, 1.54) is 12.8 Å². The van der Waals surface area contributed by atoms with Crippen LogP contribution >= 0.6 is 0 Å². The van der Waals surface area contributed by atoms with E-state index in [1.54, 1.807) is 0 Å². The van der Waals surface area contributed by atoms with Gasteiger partial charge >= 0.3 is 0 Å². The lowest BCUT2D eigenvalue weighted by molar-refractivity contribution is -0.0443. The second kappa shape index (κ2) is 9.89. The second-order valence-corrected chi connectivity index (χ2v) is 8.13. The van der Waals surface area contributed by atoms with E-state index in [1.807, 2.05) is 0 Å². The molecule has 1 rings (SSSR count). The molecule has 3 heteroatoms. The smallest absolute Gasteiger partial charge is 0.0900 e. The van der Waals surface area contributed by atoms with Gasteiger partial charge in [0.05, 0.1) is 18.8 Å². The molecule has 0 spiro atoms. The number of rotatable bonds is 9. The van der Waals surface area contributed by atoms with Crippen molar-refractivity contribution in [2.24, 2.45) is 11.3 Å². The molecule has 0 aromatic rings. The van der Waals surface area contributed by atoms with Crippen LogP contribution < -0.4 is 0 Å². The zero-order valence-corrected chi connectivity index (χ0v) is 15.6. The summed E-state index contributed by atoms with van der Waals surface area (Å²) in [7, 11) is 0. The highest BCUT2D eigenvalue weighted by Gasteiger charge is 2.30. The molecule has 132 valence electrons. The summed E-state index contributed by atoms with van der Waals surface area (Å²) in [6, 6.07) is 0. The lowest BCUT2D eigenvalue weighted by Crippen LogP contribution is -2.37. The maximum absolute atomic E-state index is 10.2. The van der Waals surface area contributed by atoms with Crippen LogP contribution in [0.5, 0.6) is 0 Å². The zero-order valence-electron chi connectivity index (χ0n) is 15.6. The second-order valence-electron chi connectivity index (χ2n) is 8.13. The van der Waals surface area contributed by atoms with Gasteiger partial charge < -0.3 is 14.7 Å². The Morgan fingerprint density at radius 2 is 1.59 bits per heavy atom. The van der Waals surface area contributed by atoms with E-state index < -0.39 is 0 Å². The van der Waals surface area contributed by atoms with Crippen molar-refractivity contribution < 1.29 is 9.84 Å². The normalized spacial score (nSPS) is 24.7. The quantitative estimate of drug-likeness (QED) is 0.696. The topological polar surface area (TPSA) is 32.7 Å². The van der Waals surface area contributed by atoms with Crippen molar-refractivity contribution in [3.63, 3.8) is 0 Å². The Balaban J connectivity index is 2.23. The number of aliphatic hydroxyl groups is 1. The fourth-order valence-electron chi connectivity index (χ4n) is 3.62. The Bertz CT molecular complexity index is 274. The average molecular weight is 314 g/mol. The van der Waals surface area contributed by atoms with E-state index in [-0.39, 0.29) is 6.10 Å². The summed E-state index contributed by atoms with van der Waals surface area (Å²) in [6.07, 6.45) is 7.14. The van der Waals surface area contributed by atoms with E-state index in [0.717, 1.165) is 51.2 Å². The predicted molar refractivity (Wildman–Crippen MR) is 94.2 cm³/mol. The predicted octanol–water partition coefficient (Wildman–Crippen LogP) is 4.09. The van der Waals surface area contributed by atoms with Crippen LogP contribution in [0.3, 0.4) is 0 Å². The maximum Gasteiger partial charge on any atom is 0.0900 e. The van der Waals surface area contributed by atoms with Crippen LogP contribution in [0, 0.1) is 11.3 Å². The van der Waals surface area contributed by atoms with Crippen LogP contribution in [0.1, 0.15) is 73.1 Å². The number of ether oxygens (including phenoxy) is 1. The first kappa shape index (κ1) is 19.9. The van der Waals surface area contributed by atoms with Gasteiger partial charge in [-0.05, 0) is 62.9 Å². The Morgan fingerprint density at radius 1 is 1.05 bits per heavy atom. The highest BCUT2D eigenvalue weighted by molar-refractivity contribution is 4.81. The third-order valence-electron chi connectivity index (χ3n) is 4.97. The Hall–Kier alpha value is -0.120. The molecule has 0 aromatic heterocycles. The summed E-state index contributed by atoms with van der Waals surface area (Å²) in [5.41, 5.74) is 0.422. The van der Waals surface area contributed by atoms with Crippen LogP contribution in [0.15, 0.2) is 0 Å². The van der Waals surface area contributed by atoms with Gasteiger partial charge in [-0.3, -0.25) is 0 Å². The first-order chi connectivity index (χ1) is 10.4. The van der Waals surface area contributed by atoms with Gasteiger partial charge in [0.1, 0.15) is 0 Å². The van der Waals surface area contributed by atoms with Crippen LogP contribution in [0.2, 0.25) is 0 Å². The minimum atomic E-state index is -0.349. The minimum absolute atomic E-state index is 0.349. The molecule has 22 heavy (non-hydrogen) atoms. The third kappa shape index (κ3) is 7.43. The van der Waals surface area contributed by atoms with Gasteiger partial charge in [0.2, 0.25) is 0 Å². The Morgan fingerprint density at radius 3 is 2.05 bits per heavy atom. The molecule has 0 bridgehead atoms. The summed E-state index contributed by atoms with van der Waals surface area (Å²) >= 11 is 0. The first-order valence-corrected chi connectivity index (χ1v) is 9.38. The number of aliphatic hydroxyl groups excluding tert-OH is 1. The number of nitrogens with zero attached hydrogens (tertiary/aromatic N) is 1. The maximum atomic E-state index is 10.2. The van der Waals surface area contributed by atoms with Gasteiger partial charge in [0, 0.05) is 6.54 Å². The fourth-order valence-corrected chi connectivity index (χ4v) is 3.62. The SMILES string of the molecule is CCCN(CCC)C[C@@H](O)COC1CCC(C(C)(C)C)CC1. The molecule has 0 amide bonds. The monoisotopic (exact) mass is 313 g/mol. The highest BCUT2D eigenvalue weighted by Crippen LogP contribution is 2.38. The van der Waals surface area contributed by atoms with Gasteiger partial charge in [-0.15, -0.1) is 0 Å². The summed E-state index contributed by atoms with van der Waals surface area (Å²) in [5.74, 6) is 0.821. The molecular formula is C19H39NO2. The fraction of sp³-hybridized carbons (Fsp3) is 1.00. The lowest BCUT2D eigenvalue weighted by Gasteiger charge is -2.37. The molecule has 1 saturated carbocycles. The summed E-state index contributed by atoms with van der Waals surface area (Å²) in [6.45, 7) is 14.8. The molecule has 1 N–H and O–H groups in total.